The fraction of sp³-hybridized carbons (Fsp3) is 0.263. The molecule has 0 aromatic heterocycles. The Morgan fingerprint density at radius 2 is 1.65 bits per heavy atom. The standard InChI is InChI=1S/C19H22N2O4S/c1-14-6-4-5-7-18(14)19(23)20-12-13-21(26(3,24)25)17-10-8-16(9-11-17)15(2)22/h4-11H,12-13H2,1-3H3,(H,20,23). The van der Waals surface area contributed by atoms with Crippen LogP contribution >= 0.6 is 0 Å². The molecule has 138 valence electrons. The van der Waals surface area contributed by atoms with Crippen molar-refractivity contribution in [1.82, 2.24) is 5.32 Å². The maximum absolute atomic E-state index is 12.2. The van der Waals surface area contributed by atoms with Gasteiger partial charge in [-0.3, -0.25) is 13.9 Å². The van der Waals surface area contributed by atoms with Crippen LogP contribution in [0.3, 0.4) is 0 Å². The first-order chi connectivity index (χ1) is 12.2. The van der Waals surface area contributed by atoms with Gasteiger partial charge in [0.2, 0.25) is 10.0 Å². The SMILES string of the molecule is CC(=O)c1ccc(N(CCNC(=O)c2ccccc2C)S(C)(=O)=O)cc1. The van der Waals surface area contributed by atoms with E-state index < -0.39 is 10.0 Å². The average Bonchev–Trinajstić information content (AvgIpc) is 2.58. The van der Waals surface area contributed by atoms with Crippen molar-refractivity contribution in [3.63, 3.8) is 0 Å². The molecule has 1 N–H and O–H groups in total. The van der Waals surface area contributed by atoms with Crippen LogP contribution < -0.4 is 9.62 Å². The van der Waals surface area contributed by atoms with Crippen molar-refractivity contribution in [3.8, 4) is 0 Å². The Hall–Kier alpha value is -2.67. The molecule has 1 amide bonds. The largest absolute Gasteiger partial charge is 0.350 e. The minimum absolute atomic E-state index is 0.0899. The van der Waals surface area contributed by atoms with Gasteiger partial charge in [-0.2, -0.15) is 0 Å². The summed E-state index contributed by atoms with van der Waals surface area (Å²) in [4.78, 5) is 23.6. The smallest absolute Gasteiger partial charge is 0.251 e. The zero-order valence-corrected chi connectivity index (χ0v) is 15.8. The summed E-state index contributed by atoms with van der Waals surface area (Å²) in [5.41, 5.74) is 2.37. The number of amides is 1. The third kappa shape index (κ3) is 4.92. The first-order valence-corrected chi connectivity index (χ1v) is 9.97. The molecule has 7 heteroatoms. The van der Waals surface area contributed by atoms with Gasteiger partial charge in [-0.05, 0) is 49.7 Å². The number of ketones is 1. The molecule has 2 aromatic rings. The molecule has 0 radical (unpaired) electrons. The van der Waals surface area contributed by atoms with E-state index in [0.29, 0.717) is 16.8 Å². The minimum Gasteiger partial charge on any atom is -0.350 e. The molecule has 0 aliphatic carbocycles. The van der Waals surface area contributed by atoms with Gasteiger partial charge in [-0.25, -0.2) is 8.42 Å². The molecule has 26 heavy (non-hydrogen) atoms. The highest BCUT2D eigenvalue weighted by Crippen LogP contribution is 2.18. The molecule has 2 rings (SSSR count). The summed E-state index contributed by atoms with van der Waals surface area (Å²) in [5.74, 6) is -0.337. The molecule has 0 atom stereocenters. The van der Waals surface area contributed by atoms with Crippen LogP contribution in [0.25, 0.3) is 0 Å². The average molecular weight is 374 g/mol. The first-order valence-electron chi connectivity index (χ1n) is 8.12. The van der Waals surface area contributed by atoms with Crippen molar-refractivity contribution in [2.75, 3.05) is 23.7 Å². The highest BCUT2D eigenvalue weighted by atomic mass is 32.2. The molecule has 0 saturated heterocycles. The maximum atomic E-state index is 12.2. The Balaban J connectivity index is 2.08. The van der Waals surface area contributed by atoms with E-state index in [-0.39, 0.29) is 24.8 Å². The number of anilines is 1. The number of carbonyl (C=O) groups is 2. The summed E-state index contributed by atoms with van der Waals surface area (Å²) in [7, 11) is -3.52. The predicted octanol–water partition coefficient (Wildman–Crippen LogP) is 2.39. The van der Waals surface area contributed by atoms with Crippen LogP contribution in [0.5, 0.6) is 0 Å². The molecule has 0 aliphatic heterocycles. The van der Waals surface area contributed by atoms with Gasteiger partial charge in [0.1, 0.15) is 0 Å². The number of benzene rings is 2. The van der Waals surface area contributed by atoms with Gasteiger partial charge in [-0.1, -0.05) is 18.2 Å². The van der Waals surface area contributed by atoms with Crippen molar-refractivity contribution >= 4 is 27.4 Å². The topological polar surface area (TPSA) is 83.6 Å². The first kappa shape index (κ1) is 19.7. The normalized spacial score (nSPS) is 11.0. The van der Waals surface area contributed by atoms with Crippen molar-refractivity contribution in [3.05, 3.63) is 65.2 Å². The van der Waals surface area contributed by atoms with Crippen molar-refractivity contribution < 1.29 is 18.0 Å². The van der Waals surface area contributed by atoms with Gasteiger partial charge < -0.3 is 5.32 Å². The predicted molar refractivity (Wildman–Crippen MR) is 102 cm³/mol. The lowest BCUT2D eigenvalue weighted by Gasteiger charge is -2.22. The maximum Gasteiger partial charge on any atom is 0.251 e. The molecule has 0 aliphatic rings. The fourth-order valence-electron chi connectivity index (χ4n) is 2.54. The zero-order valence-electron chi connectivity index (χ0n) is 15.0. The number of hydrogen-bond acceptors (Lipinski definition) is 4. The van der Waals surface area contributed by atoms with Gasteiger partial charge >= 0.3 is 0 Å². The van der Waals surface area contributed by atoms with E-state index in [4.69, 9.17) is 0 Å². The van der Waals surface area contributed by atoms with Crippen molar-refractivity contribution in [2.45, 2.75) is 13.8 Å². The molecule has 0 saturated carbocycles. The van der Waals surface area contributed by atoms with E-state index in [1.807, 2.05) is 19.1 Å². The summed E-state index contributed by atoms with van der Waals surface area (Å²) in [6.07, 6.45) is 1.11. The third-order valence-electron chi connectivity index (χ3n) is 3.95. The number of sulfonamides is 1. The number of Topliss-reactive ketones (excluding diaryl/α,β-unsaturated/α-hetero) is 1. The monoisotopic (exact) mass is 374 g/mol. The van der Waals surface area contributed by atoms with Crippen molar-refractivity contribution in [1.29, 1.82) is 0 Å². The molecule has 0 fully saturated rings. The van der Waals surface area contributed by atoms with E-state index in [9.17, 15) is 18.0 Å². The number of hydrogen-bond donors (Lipinski definition) is 1. The third-order valence-corrected chi connectivity index (χ3v) is 5.15. The summed E-state index contributed by atoms with van der Waals surface area (Å²) in [5, 5.41) is 2.74. The molecular weight excluding hydrogens is 352 g/mol. The summed E-state index contributed by atoms with van der Waals surface area (Å²) >= 11 is 0. The summed E-state index contributed by atoms with van der Waals surface area (Å²) in [6.45, 7) is 3.54. The van der Waals surface area contributed by atoms with Crippen LogP contribution in [0, 0.1) is 6.92 Å². The number of nitrogens with zero attached hydrogens (tertiary/aromatic N) is 1. The Labute approximate surface area is 153 Å². The number of carbonyl (C=O) groups excluding carboxylic acids is 2. The van der Waals surface area contributed by atoms with Gasteiger partial charge in [-0.15, -0.1) is 0 Å². The second-order valence-electron chi connectivity index (χ2n) is 6.01. The van der Waals surface area contributed by atoms with Crippen LogP contribution in [0.15, 0.2) is 48.5 Å². The van der Waals surface area contributed by atoms with Gasteiger partial charge in [0.15, 0.2) is 5.78 Å². The highest BCUT2D eigenvalue weighted by molar-refractivity contribution is 7.92. The van der Waals surface area contributed by atoms with E-state index >= 15 is 0 Å². The highest BCUT2D eigenvalue weighted by Gasteiger charge is 2.18. The Bertz CT molecular complexity index is 905. The van der Waals surface area contributed by atoms with Gasteiger partial charge in [0.25, 0.3) is 5.91 Å². The fourth-order valence-corrected chi connectivity index (χ4v) is 3.47. The molecule has 0 bridgehead atoms. The molecule has 6 nitrogen and oxygen atoms in total. The Morgan fingerprint density at radius 1 is 1.04 bits per heavy atom. The lowest BCUT2D eigenvalue weighted by Crippen LogP contribution is -2.38. The van der Waals surface area contributed by atoms with Crippen molar-refractivity contribution in [2.24, 2.45) is 0 Å². The van der Waals surface area contributed by atoms with Gasteiger partial charge in [0, 0.05) is 17.7 Å². The minimum atomic E-state index is -3.52. The number of rotatable bonds is 7. The summed E-state index contributed by atoms with van der Waals surface area (Å²) in [6, 6.07) is 13.5. The van der Waals surface area contributed by atoms with E-state index in [0.717, 1.165) is 11.8 Å². The second-order valence-corrected chi connectivity index (χ2v) is 7.92. The lowest BCUT2D eigenvalue weighted by atomic mass is 10.1. The molecule has 0 spiro atoms. The van der Waals surface area contributed by atoms with Crippen LogP contribution in [-0.2, 0) is 10.0 Å². The van der Waals surface area contributed by atoms with Gasteiger partial charge in [0.05, 0.1) is 18.5 Å². The molecule has 0 unspecified atom stereocenters. The summed E-state index contributed by atoms with van der Waals surface area (Å²) < 4.78 is 25.4. The zero-order chi connectivity index (χ0) is 19.3. The second kappa shape index (κ2) is 8.14. The lowest BCUT2D eigenvalue weighted by molar-refractivity contribution is 0.0953. The number of aryl methyl sites for hydroxylation is 1. The van der Waals surface area contributed by atoms with Crippen LogP contribution in [0.2, 0.25) is 0 Å². The van der Waals surface area contributed by atoms with Crippen LogP contribution in [0.1, 0.15) is 33.2 Å². The molecular formula is C19H22N2O4S. The Kier molecular flexibility index (Phi) is 6.15. The van der Waals surface area contributed by atoms with Crippen LogP contribution in [-0.4, -0.2) is 39.5 Å². The van der Waals surface area contributed by atoms with E-state index in [1.165, 1.54) is 11.2 Å². The van der Waals surface area contributed by atoms with E-state index in [2.05, 4.69) is 5.32 Å². The van der Waals surface area contributed by atoms with E-state index in [1.54, 1.807) is 36.4 Å². The number of nitrogens with one attached hydrogen (secondary N) is 1. The molecule has 0 heterocycles. The quantitative estimate of drug-likeness (QED) is 0.754. The Morgan fingerprint density at radius 3 is 2.19 bits per heavy atom. The molecule has 2 aromatic carbocycles. The van der Waals surface area contributed by atoms with Crippen LogP contribution in [0.4, 0.5) is 5.69 Å².